The smallest absolute Gasteiger partial charge is 0.166 e. The van der Waals surface area contributed by atoms with Crippen molar-refractivity contribution in [1.29, 1.82) is 0 Å². The first-order valence-electron chi connectivity index (χ1n) is 8.65. The van der Waals surface area contributed by atoms with E-state index in [0.29, 0.717) is 36.2 Å². The number of nitrogens with one attached hydrogen (secondary N) is 1. The fraction of sp³-hybridized carbons (Fsp3) is 0.182. The SMILES string of the molecule is COc1cccc(CNCc2ccccc2Cl)c1OCc1ccccc1Cl.Cl. The Labute approximate surface area is 182 Å². The molecule has 0 heterocycles. The van der Waals surface area contributed by atoms with Gasteiger partial charge < -0.3 is 14.8 Å². The Kier molecular flexibility index (Phi) is 8.94. The van der Waals surface area contributed by atoms with E-state index in [-0.39, 0.29) is 12.4 Å². The van der Waals surface area contributed by atoms with Crippen LogP contribution in [0.25, 0.3) is 0 Å². The number of halogens is 3. The Bertz CT molecular complexity index is 902. The van der Waals surface area contributed by atoms with E-state index in [1.807, 2.05) is 66.7 Å². The molecule has 0 amide bonds. The first-order valence-corrected chi connectivity index (χ1v) is 9.41. The molecule has 0 aliphatic carbocycles. The van der Waals surface area contributed by atoms with Gasteiger partial charge in [-0.15, -0.1) is 12.4 Å². The summed E-state index contributed by atoms with van der Waals surface area (Å²) in [5.41, 5.74) is 2.99. The second-order valence-corrected chi connectivity index (χ2v) is 6.84. The third-order valence-corrected chi connectivity index (χ3v) is 4.94. The van der Waals surface area contributed by atoms with Gasteiger partial charge in [-0.3, -0.25) is 0 Å². The van der Waals surface area contributed by atoms with Crippen LogP contribution < -0.4 is 14.8 Å². The first kappa shape index (κ1) is 22.4. The van der Waals surface area contributed by atoms with Crippen LogP contribution in [0.2, 0.25) is 10.0 Å². The molecule has 0 unspecified atom stereocenters. The largest absolute Gasteiger partial charge is 0.493 e. The number of benzene rings is 3. The van der Waals surface area contributed by atoms with Crippen LogP contribution in [0.3, 0.4) is 0 Å². The molecule has 0 saturated heterocycles. The summed E-state index contributed by atoms with van der Waals surface area (Å²) in [7, 11) is 1.64. The third kappa shape index (κ3) is 5.79. The van der Waals surface area contributed by atoms with Crippen molar-refractivity contribution >= 4 is 35.6 Å². The minimum absolute atomic E-state index is 0. The molecule has 0 spiro atoms. The van der Waals surface area contributed by atoms with Crippen molar-refractivity contribution in [2.24, 2.45) is 0 Å². The quantitative estimate of drug-likeness (QED) is 0.448. The highest BCUT2D eigenvalue weighted by Gasteiger charge is 2.12. The molecule has 0 atom stereocenters. The van der Waals surface area contributed by atoms with E-state index < -0.39 is 0 Å². The molecule has 3 nitrogen and oxygen atoms in total. The highest BCUT2D eigenvalue weighted by atomic mass is 35.5. The molecular weight excluding hydrogens is 417 g/mol. The topological polar surface area (TPSA) is 30.5 Å². The summed E-state index contributed by atoms with van der Waals surface area (Å²) in [6.07, 6.45) is 0. The second kappa shape index (κ2) is 11.2. The lowest BCUT2D eigenvalue weighted by molar-refractivity contribution is 0.280. The van der Waals surface area contributed by atoms with E-state index in [2.05, 4.69) is 5.32 Å². The number of hydrogen-bond donors (Lipinski definition) is 1. The number of methoxy groups -OCH3 is 1. The predicted molar refractivity (Wildman–Crippen MR) is 118 cm³/mol. The van der Waals surface area contributed by atoms with E-state index in [1.165, 1.54) is 0 Å². The number of hydrogen-bond acceptors (Lipinski definition) is 3. The van der Waals surface area contributed by atoms with Crippen LogP contribution in [0.4, 0.5) is 0 Å². The predicted octanol–water partition coefficient (Wildman–Crippen LogP) is 6.29. The summed E-state index contributed by atoms with van der Waals surface area (Å²) in [6, 6.07) is 21.3. The standard InChI is InChI=1S/C22H21Cl2NO2.ClH/c1-26-21-12-6-9-17(14-25-13-16-7-2-4-10-19(16)23)22(21)27-15-18-8-3-5-11-20(18)24;/h2-12,25H,13-15H2,1H3;1H. The van der Waals surface area contributed by atoms with E-state index in [1.54, 1.807) is 7.11 Å². The van der Waals surface area contributed by atoms with Gasteiger partial charge >= 0.3 is 0 Å². The van der Waals surface area contributed by atoms with E-state index in [0.717, 1.165) is 21.7 Å². The average Bonchev–Trinajstić information content (AvgIpc) is 2.69. The van der Waals surface area contributed by atoms with Gasteiger partial charge in [-0.2, -0.15) is 0 Å². The summed E-state index contributed by atoms with van der Waals surface area (Å²) >= 11 is 12.5. The molecule has 0 saturated carbocycles. The molecule has 0 aliphatic rings. The van der Waals surface area contributed by atoms with Crippen LogP contribution in [0.15, 0.2) is 66.7 Å². The van der Waals surface area contributed by atoms with Crippen molar-refractivity contribution in [3.05, 3.63) is 93.5 Å². The zero-order valence-corrected chi connectivity index (χ0v) is 17.8. The Balaban J connectivity index is 0.00000280. The van der Waals surface area contributed by atoms with Gasteiger partial charge in [0, 0.05) is 34.3 Å². The van der Waals surface area contributed by atoms with Crippen molar-refractivity contribution in [2.75, 3.05) is 7.11 Å². The fourth-order valence-electron chi connectivity index (χ4n) is 2.76. The average molecular weight is 439 g/mol. The van der Waals surface area contributed by atoms with Gasteiger partial charge in [-0.05, 0) is 23.8 Å². The molecule has 0 aliphatic heterocycles. The summed E-state index contributed by atoms with van der Waals surface area (Å²) in [4.78, 5) is 0. The van der Waals surface area contributed by atoms with Crippen molar-refractivity contribution in [1.82, 2.24) is 5.32 Å². The second-order valence-electron chi connectivity index (χ2n) is 6.02. The molecule has 0 bridgehead atoms. The molecule has 0 aromatic heterocycles. The summed E-state index contributed by atoms with van der Waals surface area (Å²) in [5, 5.41) is 4.86. The molecule has 3 aromatic rings. The number of para-hydroxylation sites is 1. The molecule has 3 aromatic carbocycles. The first-order chi connectivity index (χ1) is 13.2. The lowest BCUT2D eigenvalue weighted by Gasteiger charge is -2.16. The Morgan fingerprint density at radius 1 is 0.750 bits per heavy atom. The van der Waals surface area contributed by atoms with Crippen LogP contribution in [0.1, 0.15) is 16.7 Å². The van der Waals surface area contributed by atoms with Crippen LogP contribution in [-0.4, -0.2) is 7.11 Å². The zero-order chi connectivity index (χ0) is 19.1. The van der Waals surface area contributed by atoms with Crippen molar-refractivity contribution < 1.29 is 9.47 Å². The van der Waals surface area contributed by atoms with Crippen LogP contribution in [-0.2, 0) is 19.7 Å². The van der Waals surface area contributed by atoms with E-state index in [4.69, 9.17) is 32.7 Å². The van der Waals surface area contributed by atoms with Gasteiger partial charge in [-0.1, -0.05) is 71.7 Å². The maximum Gasteiger partial charge on any atom is 0.166 e. The number of rotatable bonds is 8. The maximum atomic E-state index is 6.23. The van der Waals surface area contributed by atoms with Gasteiger partial charge in [0.05, 0.1) is 7.11 Å². The van der Waals surface area contributed by atoms with Crippen molar-refractivity contribution in [2.45, 2.75) is 19.7 Å². The maximum absolute atomic E-state index is 6.23. The summed E-state index contributed by atoms with van der Waals surface area (Å²) in [5.74, 6) is 1.41. The van der Waals surface area contributed by atoms with Gasteiger partial charge in [0.2, 0.25) is 0 Å². The normalized spacial score (nSPS) is 10.2. The molecule has 3 rings (SSSR count). The highest BCUT2D eigenvalue weighted by molar-refractivity contribution is 6.31. The highest BCUT2D eigenvalue weighted by Crippen LogP contribution is 2.32. The third-order valence-electron chi connectivity index (χ3n) is 4.20. The molecular formula is C22H22Cl3NO2. The van der Waals surface area contributed by atoms with E-state index in [9.17, 15) is 0 Å². The van der Waals surface area contributed by atoms with Crippen LogP contribution in [0, 0.1) is 0 Å². The zero-order valence-electron chi connectivity index (χ0n) is 15.5. The van der Waals surface area contributed by atoms with Gasteiger partial charge in [-0.25, -0.2) is 0 Å². The van der Waals surface area contributed by atoms with Crippen LogP contribution >= 0.6 is 35.6 Å². The number of ether oxygens (including phenoxy) is 2. The van der Waals surface area contributed by atoms with Gasteiger partial charge in [0.1, 0.15) is 6.61 Å². The molecule has 1 N–H and O–H groups in total. The minimum atomic E-state index is 0. The van der Waals surface area contributed by atoms with Crippen molar-refractivity contribution in [3.8, 4) is 11.5 Å². The van der Waals surface area contributed by atoms with Crippen molar-refractivity contribution in [3.63, 3.8) is 0 Å². The fourth-order valence-corrected chi connectivity index (χ4v) is 3.16. The lowest BCUT2D eigenvalue weighted by Crippen LogP contribution is -2.14. The van der Waals surface area contributed by atoms with E-state index >= 15 is 0 Å². The Morgan fingerprint density at radius 3 is 1.96 bits per heavy atom. The van der Waals surface area contributed by atoms with Gasteiger partial charge in [0.25, 0.3) is 0 Å². The lowest BCUT2D eigenvalue weighted by atomic mass is 10.1. The molecule has 0 radical (unpaired) electrons. The van der Waals surface area contributed by atoms with Crippen LogP contribution in [0.5, 0.6) is 11.5 Å². The molecule has 148 valence electrons. The Hall–Kier alpha value is -1.91. The van der Waals surface area contributed by atoms with Gasteiger partial charge in [0.15, 0.2) is 11.5 Å². The molecule has 28 heavy (non-hydrogen) atoms. The molecule has 6 heteroatoms. The monoisotopic (exact) mass is 437 g/mol. The minimum Gasteiger partial charge on any atom is -0.493 e. The summed E-state index contributed by atoms with van der Waals surface area (Å²) in [6.45, 7) is 1.67. The Morgan fingerprint density at radius 2 is 1.32 bits per heavy atom. The summed E-state index contributed by atoms with van der Waals surface area (Å²) < 4.78 is 11.6. The molecule has 0 fully saturated rings.